The monoisotopic (exact) mass is 362 g/mol. The Morgan fingerprint density at radius 3 is 2.19 bits per heavy atom. The van der Waals surface area contributed by atoms with Crippen LogP contribution in [0.3, 0.4) is 0 Å². The Hall–Kier alpha value is -3.41. The van der Waals surface area contributed by atoms with E-state index in [4.69, 9.17) is 4.74 Å². The summed E-state index contributed by atoms with van der Waals surface area (Å²) in [6.07, 6.45) is 3.99. The van der Waals surface area contributed by atoms with Gasteiger partial charge in [0.2, 0.25) is 5.95 Å². The molecule has 0 fully saturated rings. The van der Waals surface area contributed by atoms with Crippen LogP contribution in [0.1, 0.15) is 28.4 Å². The van der Waals surface area contributed by atoms with Gasteiger partial charge in [-0.1, -0.05) is 31.2 Å². The molecule has 0 aliphatic carbocycles. The summed E-state index contributed by atoms with van der Waals surface area (Å²) < 4.78 is 5.14. The van der Waals surface area contributed by atoms with Crippen LogP contribution in [0.2, 0.25) is 0 Å². The zero-order valence-corrected chi connectivity index (χ0v) is 15.4. The minimum absolute atomic E-state index is 0.235. The Morgan fingerprint density at radius 1 is 0.963 bits per heavy atom. The first-order valence-corrected chi connectivity index (χ1v) is 8.77. The number of carbonyl (C=O) groups is 1. The maximum atomic E-state index is 12.3. The Labute approximate surface area is 158 Å². The standard InChI is InChI=1S/C21H22N4O2/c1-3-15-4-8-18(9-5-15)25-20(26)17-13-23-21(24-14-17)22-12-16-6-10-19(27-2)11-7-16/h4-11,13-14H,3,12H2,1-2H3,(H,25,26)(H,22,23,24). The first-order chi connectivity index (χ1) is 13.2. The number of nitrogens with zero attached hydrogens (tertiary/aromatic N) is 2. The number of rotatable bonds is 7. The zero-order valence-electron chi connectivity index (χ0n) is 15.4. The van der Waals surface area contributed by atoms with Gasteiger partial charge in [-0.05, 0) is 41.8 Å². The van der Waals surface area contributed by atoms with Gasteiger partial charge in [0, 0.05) is 24.6 Å². The molecule has 2 aromatic carbocycles. The molecule has 3 aromatic rings. The molecular formula is C21H22N4O2. The van der Waals surface area contributed by atoms with E-state index in [-0.39, 0.29) is 5.91 Å². The molecule has 0 radical (unpaired) electrons. The molecule has 27 heavy (non-hydrogen) atoms. The van der Waals surface area contributed by atoms with Crippen LogP contribution in [0.15, 0.2) is 60.9 Å². The molecule has 0 aliphatic rings. The lowest BCUT2D eigenvalue weighted by Gasteiger charge is -2.08. The van der Waals surface area contributed by atoms with Crippen LogP contribution in [-0.4, -0.2) is 23.0 Å². The fourth-order valence-corrected chi connectivity index (χ4v) is 2.49. The van der Waals surface area contributed by atoms with Gasteiger partial charge in [0.25, 0.3) is 5.91 Å². The molecule has 1 heterocycles. The molecule has 1 amide bonds. The topological polar surface area (TPSA) is 76.1 Å². The van der Waals surface area contributed by atoms with Crippen LogP contribution in [0, 0.1) is 0 Å². The Kier molecular flexibility index (Phi) is 5.99. The Bertz CT molecular complexity index is 876. The fraction of sp³-hybridized carbons (Fsp3) is 0.190. The van der Waals surface area contributed by atoms with Crippen molar-refractivity contribution in [3.63, 3.8) is 0 Å². The summed E-state index contributed by atoms with van der Waals surface area (Å²) >= 11 is 0. The Balaban J connectivity index is 1.56. The summed E-state index contributed by atoms with van der Waals surface area (Å²) in [4.78, 5) is 20.7. The largest absolute Gasteiger partial charge is 0.497 e. The van der Waals surface area contributed by atoms with Crippen LogP contribution < -0.4 is 15.4 Å². The molecule has 0 atom stereocenters. The highest BCUT2D eigenvalue weighted by Gasteiger charge is 2.08. The number of amides is 1. The van der Waals surface area contributed by atoms with Crippen molar-refractivity contribution in [2.24, 2.45) is 0 Å². The van der Waals surface area contributed by atoms with Crippen LogP contribution in [0.5, 0.6) is 5.75 Å². The lowest BCUT2D eigenvalue weighted by Crippen LogP contribution is -2.13. The SMILES string of the molecule is CCc1ccc(NC(=O)c2cnc(NCc3ccc(OC)cc3)nc2)cc1. The molecule has 0 unspecified atom stereocenters. The van der Waals surface area contributed by atoms with E-state index < -0.39 is 0 Å². The van der Waals surface area contributed by atoms with Crippen LogP contribution in [-0.2, 0) is 13.0 Å². The summed E-state index contributed by atoms with van der Waals surface area (Å²) in [5, 5.41) is 5.98. The van der Waals surface area contributed by atoms with Crippen molar-refractivity contribution in [1.29, 1.82) is 0 Å². The van der Waals surface area contributed by atoms with Gasteiger partial charge in [0.05, 0.1) is 12.7 Å². The second kappa shape index (κ2) is 8.80. The van der Waals surface area contributed by atoms with Crippen molar-refractivity contribution in [3.8, 4) is 5.75 Å². The van der Waals surface area contributed by atoms with Crippen LogP contribution >= 0.6 is 0 Å². The average molecular weight is 362 g/mol. The van der Waals surface area contributed by atoms with E-state index in [2.05, 4.69) is 27.5 Å². The summed E-state index contributed by atoms with van der Waals surface area (Å²) in [7, 11) is 1.64. The number of anilines is 2. The smallest absolute Gasteiger partial charge is 0.258 e. The molecule has 1 aromatic heterocycles. The molecule has 6 heteroatoms. The van der Waals surface area contributed by atoms with Gasteiger partial charge in [0.1, 0.15) is 5.75 Å². The second-order valence-electron chi connectivity index (χ2n) is 6.00. The molecular weight excluding hydrogens is 340 g/mol. The zero-order chi connectivity index (χ0) is 19.1. The molecule has 138 valence electrons. The van der Waals surface area contributed by atoms with E-state index in [0.29, 0.717) is 18.1 Å². The third-order valence-corrected chi connectivity index (χ3v) is 4.14. The number of carbonyl (C=O) groups excluding carboxylic acids is 1. The highest BCUT2D eigenvalue weighted by Crippen LogP contribution is 2.13. The predicted molar refractivity (Wildman–Crippen MR) is 106 cm³/mol. The lowest BCUT2D eigenvalue weighted by atomic mass is 10.1. The number of ether oxygens (including phenoxy) is 1. The maximum absolute atomic E-state index is 12.3. The van der Waals surface area contributed by atoms with Crippen molar-refractivity contribution in [1.82, 2.24) is 9.97 Å². The van der Waals surface area contributed by atoms with Crippen molar-refractivity contribution in [3.05, 3.63) is 77.6 Å². The molecule has 3 rings (SSSR count). The minimum Gasteiger partial charge on any atom is -0.497 e. The van der Waals surface area contributed by atoms with Crippen molar-refractivity contribution in [2.75, 3.05) is 17.7 Å². The van der Waals surface area contributed by atoms with E-state index in [0.717, 1.165) is 23.4 Å². The molecule has 6 nitrogen and oxygen atoms in total. The lowest BCUT2D eigenvalue weighted by molar-refractivity contribution is 0.102. The number of aromatic nitrogens is 2. The number of hydrogen-bond donors (Lipinski definition) is 2. The highest BCUT2D eigenvalue weighted by molar-refractivity contribution is 6.03. The number of benzene rings is 2. The third kappa shape index (κ3) is 5.04. The highest BCUT2D eigenvalue weighted by atomic mass is 16.5. The van der Waals surface area contributed by atoms with Gasteiger partial charge in [-0.15, -0.1) is 0 Å². The number of nitrogens with one attached hydrogen (secondary N) is 2. The predicted octanol–water partition coefficient (Wildman–Crippen LogP) is 3.91. The quantitative estimate of drug-likeness (QED) is 0.666. The molecule has 0 saturated carbocycles. The molecule has 0 spiro atoms. The van der Waals surface area contributed by atoms with Crippen molar-refractivity contribution in [2.45, 2.75) is 19.9 Å². The van der Waals surface area contributed by atoms with E-state index in [9.17, 15) is 4.79 Å². The number of hydrogen-bond acceptors (Lipinski definition) is 5. The van der Waals surface area contributed by atoms with E-state index in [1.807, 2.05) is 48.5 Å². The maximum Gasteiger partial charge on any atom is 0.258 e. The van der Waals surface area contributed by atoms with Crippen LogP contribution in [0.4, 0.5) is 11.6 Å². The molecule has 0 bridgehead atoms. The van der Waals surface area contributed by atoms with E-state index in [1.54, 1.807) is 7.11 Å². The number of aryl methyl sites for hydroxylation is 1. The normalized spacial score (nSPS) is 10.3. The second-order valence-corrected chi connectivity index (χ2v) is 6.00. The third-order valence-electron chi connectivity index (χ3n) is 4.14. The minimum atomic E-state index is -0.235. The summed E-state index contributed by atoms with van der Waals surface area (Å²) in [6.45, 7) is 2.68. The van der Waals surface area contributed by atoms with Crippen LogP contribution in [0.25, 0.3) is 0 Å². The average Bonchev–Trinajstić information content (AvgIpc) is 2.73. The van der Waals surface area contributed by atoms with Gasteiger partial charge >= 0.3 is 0 Å². The van der Waals surface area contributed by atoms with Gasteiger partial charge in [-0.25, -0.2) is 9.97 Å². The number of methoxy groups -OCH3 is 1. The van der Waals surface area contributed by atoms with Gasteiger partial charge < -0.3 is 15.4 Å². The van der Waals surface area contributed by atoms with E-state index in [1.165, 1.54) is 18.0 Å². The molecule has 0 saturated heterocycles. The fourth-order valence-electron chi connectivity index (χ4n) is 2.49. The summed E-state index contributed by atoms with van der Waals surface area (Å²) in [5.41, 5.74) is 3.46. The molecule has 0 aliphatic heterocycles. The first kappa shape index (κ1) is 18.4. The van der Waals surface area contributed by atoms with E-state index >= 15 is 0 Å². The first-order valence-electron chi connectivity index (χ1n) is 8.77. The van der Waals surface area contributed by atoms with Gasteiger partial charge in [-0.3, -0.25) is 4.79 Å². The van der Waals surface area contributed by atoms with Gasteiger partial charge in [0.15, 0.2) is 0 Å². The van der Waals surface area contributed by atoms with Crippen molar-refractivity contribution < 1.29 is 9.53 Å². The van der Waals surface area contributed by atoms with Crippen molar-refractivity contribution >= 4 is 17.5 Å². The van der Waals surface area contributed by atoms with Gasteiger partial charge in [-0.2, -0.15) is 0 Å². The summed E-state index contributed by atoms with van der Waals surface area (Å²) in [6, 6.07) is 15.5. The summed E-state index contributed by atoms with van der Waals surface area (Å²) in [5.74, 6) is 1.05. The molecule has 2 N–H and O–H groups in total. The Morgan fingerprint density at radius 2 is 1.59 bits per heavy atom.